The number of benzene rings is 1. The van der Waals surface area contributed by atoms with Gasteiger partial charge in [0.2, 0.25) is 0 Å². The van der Waals surface area contributed by atoms with Gasteiger partial charge in [0.15, 0.2) is 0 Å². The van der Waals surface area contributed by atoms with Crippen LogP contribution in [0.2, 0.25) is 0 Å². The van der Waals surface area contributed by atoms with E-state index in [1.54, 1.807) is 12.1 Å². The van der Waals surface area contributed by atoms with Crippen LogP contribution in [0.1, 0.15) is 31.7 Å². The molecule has 17 heavy (non-hydrogen) atoms. The highest BCUT2D eigenvalue weighted by Crippen LogP contribution is 2.32. The maximum absolute atomic E-state index is 13.9. The van der Waals surface area contributed by atoms with Crippen molar-refractivity contribution in [2.75, 3.05) is 18.5 Å². The van der Waals surface area contributed by atoms with Crippen LogP contribution < -0.4 is 10.2 Å². The summed E-state index contributed by atoms with van der Waals surface area (Å²) in [5.74, 6) is -0.0985. The standard InChI is InChI=1S/C14H21FN2/c1-3-9-16-10-12-13(15)5-4-6-14(12)17(2)11-7-8-11/h4-6,11,16H,3,7-10H2,1-2H3. The molecule has 94 valence electrons. The lowest BCUT2D eigenvalue weighted by Gasteiger charge is -2.22. The molecule has 0 saturated heterocycles. The second kappa shape index (κ2) is 5.50. The molecule has 0 amide bonds. The molecule has 0 spiro atoms. The Morgan fingerprint density at radius 1 is 1.41 bits per heavy atom. The van der Waals surface area contributed by atoms with E-state index in [9.17, 15) is 4.39 Å². The van der Waals surface area contributed by atoms with E-state index < -0.39 is 0 Å². The Labute approximate surface area is 103 Å². The number of anilines is 1. The highest BCUT2D eigenvalue weighted by molar-refractivity contribution is 5.55. The topological polar surface area (TPSA) is 15.3 Å². The van der Waals surface area contributed by atoms with E-state index in [0.29, 0.717) is 12.6 Å². The SMILES string of the molecule is CCCNCc1c(F)cccc1N(C)C1CC1. The third kappa shape index (κ3) is 2.97. The van der Waals surface area contributed by atoms with Crippen LogP contribution in [-0.4, -0.2) is 19.6 Å². The van der Waals surface area contributed by atoms with Gasteiger partial charge in [-0.25, -0.2) is 4.39 Å². The highest BCUT2D eigenvalue weighted by atomic mass is 19.1. The molecule has 1 fully saturated rings. The molecular weight excluding hydrogens is 215 g/mol. The van der Waals surface area contributed by atoms with Gasteiger partial charge in [-0.05, 0) is 37.9 Å². The maximum atomic E-state index is 13.9. The van der Waals surface area contributed by atoms with Gasteiger partial charge in [-0.2, -0.15) is 0 Å². The van der Waals surface area contributed by atoms with E-state index in [2.05, 4.69) is 24.2 Å². The van der Waals surface area contributed by atoms with Crippen molar-refractivity contribution in [2.45, 2.75) is 38.8 Å². The van der Waals surface area contributed by atoms with Gasteiger partial charge >= 0.3 is 0 Å². The first-order valence-corrected chi connectivity index (χ1v) is 6.45. The number of halogens is 1. The summed E-state index contributed by atoms with van der Waals surface area (Å²) in [4.78, 5) is 2.21. The van der Waals surface area contributed by atoms with Gasteiger partial charge < -0.3 is 10.2 Å². The van der Waals surface area contributed by atoms with E-state index in [4.69, 9.17) is 0 Å². The predicted molar refractivity (Wildman–Crippen MR) is 69.8 cm³/mol. The minimum Gasteiger partial charge on any atom is -0.371 e. The first kappa shape index (κ1) is 12.4. The van der Waals surface area contributed by atoms with Crippen molar-refractivity contribution < 1.29 is 4.39 Å². The van der Waals surface area contributed by atoms with Crippen LogP contribution in [0.4, 0.5) is 10.1 Å². The van der Waals surface area contributed by atoms with Crippen LogP contribution in [0, 0.1) is 5.82 Å². The number of rotatable bonds is 6. The number of nitrogens with zero attached hydrogens (tertiary/aromatic N) is 1. The van der Waals surface area contributed by atoms with Crippen LogP contribution in [0.5, 0.6) is 0 Å². The molecule has 1 aliphatic carbocycles. The summed E-state index contributed by atoms with van der Waals surface area (Å²) in [5, 5.41) is 3.28. The summed E-state index contributed by atoms with van der Waals surface area (Å²) >= 11 is 0. The summed E-state index contributed by atoms with van der Waals surface area (Å²) in [6, 6.07) is 5.98. The van der Waals surface area contributed by atoms with Crippen molar-refractivity contribution >= 4 is 5.69 Å². The fourth-order valence-electron chi connectivity index (χ4n) is 2.10. The molecular formula is C14H21FN2. The first-order valence-electron chi connectivity index (χ1n) is 6.45. The molecule has 2 nitrogen and oxygen atoms in total. The highest BCUT2D eigenvalue weighted by Gasteiger charge is 2.28. The van der Waals surface area contributed by atoms with Gasteiger partial charge in [-0.1, -0.05) is 13.0 Å². The van der Waals surface area contributed by atoms with Gasteiger partial charge in [0, 0.05) is 30.9 Å². The van der Waals surface area contributed by atoms with E-state index >= 15 is 0 Å². The number of nitrogens with one attached hydrogen (secondary N) is 1. The largest absolute Gasteiger partial charge is 0.371 e. The zero-order valence-corrected chi connectivity index (χ0v) is 10.7. The van der Waals surface area contributed by atoms with Gasteiger partial charge in [0.1, 0.15) is 5.82 Å². The summed E-state index contributed by atoms with van der Waals surface area (Å²) < 4.78 is 13.9. The fourth-order valence-corrected chi connectivity index (χ4v) is 2.10. The van der Waals surface area contributed by atoms with E-state index in [0.717, 1.165) is 24.2 Å². The Balaban J connectivity index is 2.14. The number of hydrogen-bond acceptors (Lipinski definition) is 2. The van der Waals surface area contributed by atoms with Crippen LogP contribution in [-0.2, 0) is 6.54 Å². The molecule has 0 aromatic heterocycles. The average Bonchev–Trinajstić information content (AvgIpc) is 3.14. The second-order valence-electron chi connectivity index (χ2n) is 4.76. The molecule has 1 aromatic carbocycles. The molecule has 0 radical (unpaired) electrons. The molecule has 1 saturated carbocycles. The quantitative estimate of drug-likeness (QED) is 0.764. The van der Waals surface area contributed by atoms with Crippen LogP contribution in [0.25, 0.3) is 0 Å². The van der Waals surface area contributed by atoms with Crippen molar-refractivity contribution in [1.82, 2.24) is 5.32 Å². The van der Waals surface area contributed by atoms with E-state index in [1.165, 1.54) is 12.8 Å². The molecule has 0 unspecified atom stereocenters. The van der Waals surface area contributed by atoms with Crippen molar-refractivity contribution in [2.24, 2.45) is 0 Å². The van der Waals surface area contributed by atoms with Gasteiger partial charge in [0.05, 0.1) is 0 Å². The van der Waals surface area contributed by atoms with Gasteiger partial charge in [0.25, 0.3) is 0 Å². The van der Waals surface area contributed by atoms with Crippen LogP contribution in [0.15, 0.2) is 18.2 Å². The maximum Gasteiger partial charge on any atom is 0.129 e. The smallest absolute Gasteiger partial charge is 0.129 e. The van der Waals surface area contributed by atoms with Crippen molar-refractivity contribution in [3.8, 4) is 0 Å². The number of hydrogen-bond donors (Lipinski definition) is 1. The lowest BCUT2D eigenvalue weighted by molar-refractivity contribution is 0.585. The van der Waals surface area contributed by atoms with Crippen LogP contribution in [0.3, 0.4) is 0 Å². The van der Waals surface area contributed by atoms with Gasteiger partial charge in [-0.3, -0.25) is 0 Å². The lowest BCUT2D eigenvalue weighted by atomic mass is 10.1. The van der Waals surface area contributed by atoms with Crippen molar-refractivity contribution in [1.29, 1.82) is 0 Å². The molecule has 0 atom stereocenters. The Morgan fingerprint density at radius 3 is 2.82 bits per heavy atom. The van der Waals surface area contributed by atoms with Crippen molar-refractivity contribution in [3.05, 3.63) is 29.6 Å². The van der Waals surface area contributed by atoms with E-state index in [1.807, 2.05) is 6.07 Å². The summed E-state index contributed by atoms with van der Waals surface area (Å²) in [6.45, 7) is 3.67. The molecule has 1 aliphatic rings. The summed E-state index contributed by atoms with van der Waals surface area (Å²) in [5.41, 5.74) is 1.84. The van der Waals surface area contributed by atoms with Crippen LogP contribution >= 0.6 is 0 Å². The molecule has 2 rings (SSSR count). The van der Waals surface area contributed by atoms with E-state index in [-0.39, 0.29) is 5.82 Å². The molecule has 0 bridgehead atoms. The fraction of sp³-hybridized carbons (Fsp3) is 0.571. The summed E-state index contributed by atoms with van der Waals surface area (Å²) in [7, 11) is 2.07. The monoisotopic (exact) mass is 236 g/mol. The molecule has 3 heteroatoms. The summed E-state index contributed by atoms with van der Waals surface area (Å²) in [6.07, 6.45) is 3.53. The zero-order valence-electron chi connectivity index (χ0n) is 10.7. The van der Waals surface area contributed by atoms with Gasteiger partial charge in [-0.15, -0.1) is 0 Å². The normalized spacial score (nSPS) is 15.0. The zero-order chi connectivity index (χ0) is 12.3. The Kier molecular flexibility index (Phi) is 4.00. The predicted octanol–water partition coefficient (Wildman–Crippen LogP) is 2.92. The third-order valence-electron chi connectivity index (χ3n) is 3.30. The Bertz CT molecular complexity index is 374. The molecule has 1 aromatic rings. The molecule has 0 aliphatic heterocycles. The molecule has 0 heterocycles. The minimum atomic E-state index is -0.0985. The Morgan fingerprint density at radius 2 is 2.18 bits per heavy atom. The minimum absolute atomic E-state index is 0.0985. The first-order chi connectivity index (χ1) is 8.24. The lowest BCUT2D eigenvalue weighted by Crippen LogP contribution is -2.24. The molecule has 1 N–H and O–H groups in total. The average molecular weight is 236 g/mol. The third-order valence-corrected chi connectivity index (χ3v) is 3.30. The van der Waals surface area contributed by atoms with Crippen molar-refractivity contribution in [3.63, 3.8) is 0 Å². The second-order valence-corrected chi connectivity index (χ2v) is 4.76. The Hall–Kier alpha value is -1.09.